The molecule has 1 aromatic carbocycles. The number of rotatable bonds is 5. The van der Waals surface area contributed by atoms with E-state index in [-0.39, 0.29) is 0 Å². The fraction of sp³-hybridized carbons (Fsp3) is 0.263. The Morgan fingerprint density at radius 2 is 1.87 bits per heavy atom. The lowest BCUT2D eigenvalue weighted by molar-refractivity contribution is 0.101. The van der Waals surface area contributed by atoms with Crippen LogP contribution in [0.4, 0.5) is 0 Å². The van der Waals surface area contributed by atoms with E-state index in [4.69, 9.17) is 9.15 Å². The molecule has 0 fully saturated rings. The zero-order chi connectivity index (χ0) is 16.2. The van der Waals surface area contributed by atoms with Crippen molar-refractivity contribution in [2.45, 2.75) is 34.0 Å². The van der Waals surface area contributed by atoms with Crippen LogP contribution in [-0.2, 0) is 18.0 Å². The van der Waals surface area contributed by atoms with Crippen LogP contribution < -0.4 is 0 Å². The number of nitrogens with zero attached hydrogens (tertiary/aromatic N) is 2. The molecule has 3 rings (SSSR count). The first-order valence-electron chi connectivity index (χ1n) is 7.65. The van der Waals surface area contributed by atoms with E-state index in [9.17, 15) is 0 Å². The molecule has 4 heteroatoms. The smallest absolute Gasteiger partial charge is 0.226 e. The Morgan fingerprint density at radius 1 is 1.00 bits per heavy atom. The molecule has 23 heavy (non-hydrogen) atoms. The third kappa shape index (κ3) is 3.66. The van der Waals surface area contributed by atoms with Gasteiger partial charge in [-0.05, 0) is 56.2 Å². The summed E-state index contributed by atoms with van der Waals surface area (Å²) in [5, 5.41) is 0. The van der Waals surface area contributed by atoms with Gasteiger partial charge in [-0.25, -0.2) is 4.98 Å². The van der Waals surface area contributed by atoms with Gasteiger partial charge in [0.15, 0.2) is 0 Å². The Morgan fingerprint density at radius 3 is 2.61 bits per heavy atom. The molecule has 0 aliphatic rings. The van der Waals surface area contributed by atoms with E-state index in [2.05, 4.69) is 35.9 Å². The normalized spacial score (nSPS) is 10.9. The molecule has 0 aliphatic heterocycles. The molecular formula is C19H20N2O2. The maximum atomic E-state index is 5.79. The summed E-state index contributed by atoms with van der Waals surface area (Å²) in [7, 11) is 0. The Kier molecular flexibility index (Phi) is 4.53. The summed E-state index contributed by atoms with van der Waals surface area (Å²) >= 11 is 0. The highest BCUT2D eigenvalue weighted by atomic mass is 16.5. The third-order valence-electron chi connectivity index (χ3n) is 3.86. The van der Waals surface area contributed by atoms with Crippen LogP contribution in [0.15, 0.2) is 47.0 Å². The van der Waals surface area contributed by atoms with Crippen LogP contribution >= 0.6 is 0 Å². The molecule has 0 atom stereocenters. The van der Waals surface area contributed by atoms with Crippen molar-refractivity contribution in [1.29, 1.82) is 0 Å². The summed E-state index contributed by atoms with van der Waals surface area (Å²) in [6.45, 7) is 6.97. The quantitative estimate of drug-likeness (QED) is 0.702. The average Bonchev–Trinajstić information content (AvgIpc) is 2.92. The molecule has 3 aromatic rings. The zero-order valence-electron chi connectivity index (χ0n) is 13.7. The predicted molar refractivity (Wildman–Crippen MR) is 88.9 cm³/mol. The summed E-state index contributed by atoms with van der Waals surface area (Å²) in [5.74, 6) is 1.43. The van der Waals surface area contributed by atoms with Gasteiger partial charge in [-0.3, -0.25) is 4.98 Å². The van der Waals surface area contributed by atoms with Gasteiger partial charge in [-0.1, -0.05) is 12.1 Å². The first-order valence-corrected chi connectivity index (χ1v) is 7.65. The van der Waals surface area contributed by atoms with Crippen LogP contribution in [0.2, 0.25) is 0 Å². The van der Waals surface area contributed by atoms with Crippen molar-refractivity contribution in [3.63, 3.8) is 0 Å². The molecule has 0 unspecified atom stereocenters. The standard InChI is InChI=1S/C19H20N2O2/c1-13-7-8-16(10-14(13)2)19-21-18(15(3)23-19)12-22-11-17-6-4-5-9-20-17/h4-10H,11-12H2,1-3H3. The highest BCUT2D eigenvalue weighted by Crippen LogP contribution is 2.24. The van der Waals surface area contributed by atoms with Gasteiger partial charge in [0.1, 0.15) is 11.5 Å². The maximum absolute atomic E-state index is 5.79. The summed E-state index contributed by atoms with van der Waals surface area (Å²) in [4.78, 5) is 8.80. The molecule has 0 radical (unpaired) electrons. The van der Waals surface area contributed by atoms with Gasteiger partial charge in [0.2, 0.25) is 5.89 Å². The van der Waals surface area contributed by atoms with Crippen molar-refractivity contribution in [1.82, 2.24) is 9.97 Å². The zero-order valence-corrected chi connectivity index (χ0v) is 13.7. The molecule has 2 aromatic heterocycles. The first kappa shape index (κ1) is 15.4. The Bertz CT molecular complexity index is 794. The summed E-state index contributed by atoms with van der Waals surface area (Å²) in [6, 6.07) is 12.0. The number of ether oxygens (including phenoxy) is 1. The average molecular weight is 308 g/mol. The Balaban J connectivity index is 1.69. The monoisotopic (exact) mass is 308 g/mol. The maximum Gasteiger partial charge on any atom is 0.226 e. The molecule has 0 aliphatic carbocycles. The van der Waals surface area contributed by atoms with E-state index < -0.39 is 0 Å². The minimum absolute atomic E-state index is 0.413. The minimum Gasteiger partial charge on any atom is -0.441 e. The van der Waals surface area contributed by atoms with E-state index in [1.54, 1.807) is 6.20 Å². The second kappa shape index (κ2) is 6.75. The summed E-state index contributed by atoms with van der Waals surface area (Å²) in [6.07, 6.45) is 1.76. The van der Waals surface area contributed by atoms with E-state index in [1.165, 1.54) is 11.1 Å². The van der Waals surface area contributed by atoms with Crippen molar-refractivity contribution in [3.05, 3.63) is 70.9 Å². The van der Waals surface area contributed by atoms with Crippen molar-refractivity contribution >= 4 is 0 Å². The van der Waals surface area contributed by atoms with Gasteiger partial charge < -0.3 is 9.15 Å². The molecule has 0 amide bonds. The summed E-state index contributed by atoms with van der Waals surface area (Å²) < 4.78 is 11.5. The molecule has 0 saturated carbocycles. The number of aryl methyl sites for hydroxylation is 3. The van der Waals surface area contributed by atoms with Gasteiger partial charge in [0.05, 0.1) is 18.9 Å². The Hall–Kier alpha value is -2.46. The highest BCUT2D eigenvalue weighted by Gasteiger charge is 2.12. The predicted octanol–water partition coefficient (Wildman–Crippen LogP) is 4.38. The molecule has 0 spiro atoms. The van der Waals surface area contributed by atoms with Crippen LogP contribution in [0.5, 0.6) is 0 Å². The van der Waals surface area contributed by atoms with Crippen LogP contribution in [0.3, 0.4) is 0 Å². The second-order valence-electron chi connectivity index (χ2n) is 5.63. The topological polar surface area (TPSA) is 48.2 Å². The van der Waals surface area contributed by atoms with E-state index >= 15 is 0 Å². The molecule has 4 nitrogen and oxygen atoms in total. The second-order valence-corrected chi connectivity index (χ2v) is 5.63. The van der Waals surface area contributed by atoms with Gasteiger partial charge in [0.25, 0.3) is 0 Å². The molecular weight excluding hydrogens is 288 g/mol. The number of aromatic nitrogens is 2. The van der Waals surface area contributed by atoms with Crippen LogP contribution in [0, 0.1) is 20.8 Å². The van der Waals surface area contributed by atoms with Crippen LogP contribution in [0.1, 0.15) is 28.3 Å². The lowest BCUT2D eigenvalue weighted by Crippen LogP contribution is -1.97. The van der Waals surface area contributed by atoms with Crippen molar-refractivity contribution in [2.24, 2.45) is 0 Å². The van der Waals surface area contributed by atoms with E-state index in [0.29, 0.717) is 19.1 Å². The van der Waals surface area contributed by atoms with E-state index in [1.807, 2.05) is 31.2 Å². The molecule has 2 heterocycles. The lowest BCUT2D eigenvalue weighted by Gasteiger charge is -2.02. The number of pyridine rings is 1. The van der Waals surface area contributed by atoms with Gasteiger partial charge >= 0.3 is 0 Å². The SMILES string of the molecule is Cc1ccc(-c2nc(COCc3ccccn3)c(C)o2)cc1C. The highest BCUT2D eigenvalue weighted by molar-refractivity contribution is 5.56. The lowest BCUT2D eigenvalue weighted by atomic mass is 10.1. The number of hydrogen-bond acceptors (Lipinski definition) is 4. The third-order valence-corrected chi connectivity index (χ3v) is 3.86. The molecule has 0 N–H and O–H groups in total. The fourth-order valence-electron chi connectivity index (χ4n) is 2.30. The first-order chi connectivity index (χ1) is 11.1. The van der Waals surface area contributed by atoms with Gasteiger partial charge in [-0.15, -0.1) is 0 Å². The molecule has 118 valence electrons. The van der Waals surface area contributed by atoms with E-state index in [0.717, 1.165) is 22.7 Å². The Labute approximate surface area is 136 Å². The molecule has 0 saturated heterocycles. The van der Waals surface area contributed by atoms with Crippen LogP contribution in [-0.4, -0.2) is 9.97 Å². The summed E-state index contributed by atoms with van der Waals surface area (Å²) in [5.41, 5.74) is 5.21. The van der Waals surface area contributed by atoms with Gasteiger partial charge in [-0.2, -0.15) is 0 Å². The number of benzene rings is 1. The minimum atomic E-state index is 0.413. The molecule has 0 bridgehead atoms. The largest absolute Gasteiger partial charge is 0.441 e. The van der Waals surface area contributed by atoms with Crippen molar-refractivity contribution in [2.75, 3.05) is 0 Å². The fourth-order valence-corrected chi connectivity index (χ4v) is 2.30. The van der Waals surface area contributed by atoms with Gasteiger partial charge in [0, 0.05) is 11.8 Å². The van der Waals surface area contributed by atoms with Crippen molar-refractivity contribution < 1.29 is 9.15 Å². The van der Waals surface area contributed by atoms with Crippen molar-refractivity contribution in [3.8, 4) is 11.5 Å². The number of oxazole rings is 1. The number of hydrogen-bond donors (Lipinski definition) is 0. The van der Waals surface area contributed by atoms with Crippen LogP contribution in [0.25, 0.3) is 11.5 Å².